The number of nitrogens with two attached hydrogens (primary N) is 1. The fraction of sp³-hybridized carbons (Fsp3) is 0.562. The van der Waals surface area contributed by atoms with Crippen molar-refractivity contribution in [3.8, 4) is 0 Å². The van der Waals surface area contributed by atoms with E-state index in [2.05, 4.69) is 16.3 Å². The molecule has 1 aromatic rings. The fourth-order valence-corrected chi connectivity index (χ4v) is 1.91. The zero-order valence-electron chi connectivity index (χ0n) is 13.2. The third-order valence-electron chi connectivity index (χ3n) is 3.27. The summed E-state index contributed by atoms with van der Waals surface area (Å²) in [4.78, 5) is 14.2. The Morgan fingerprint density at radius 3 is 2.30 bits per heavy atom. The van der Waals surface area contributed by atoms with Gasteiger partial charge in [0.15, 0.2) is 0 Å². The number of nitrogens with one attached hydrogen (secondary N) is 1. The minimum atomic E-state index is -0.497. The van der Waals surface area contributed by atoms with E-state index in [1.54, 1.807) is 0 Å². The molecule has 0 aromatic heterocycles. The maximum atomic E-state index is 12.0. The topological polar surface area (TPSA) is 58.4 Å². The van der Waals surface area contributed by atoms with Crippen molar-refractivity contribution in [2.75, 3.05) is 14.1 Å². The van der Waals surface area contributed by atoms with Crippen molar-refractivity contribution in [1.82, 2.24) is 10.2 Å². The minimum absolute atomic E-state index is 0.0999. The maximum Gasteiger partial charge on any atom is 0.237 e. The molecule has 0 radical (unpaired) electrons. The van der Waals surface area contributed by atoms with Gasteiger partial charge in [-0.3, -0.25) is 4.79 Å². The van der Waals surface area contributed by atoms with Gasteiger partial charge in [0, 0.05) is 13.1 Å². The third-order valence-corrected chi connectivity index (χ3v) is 3.27. The first kappa shape index (κ1) is 16.7. The van der Waals surface area contributed by atoms with Crippen molar-refractivity contribution in [3.63, 3.8) is 0 Å². The van der Waals surface area contributed by atoms with Crippen molar-refractivity contribution < 1.29 is 4.79 Å². The largest absolute Gasteiger partial charge is 0.351 e. The van der Waals surface area contributed by atoms with Gasteiger partial charge < -0.3 is 16.0 Å². The summed E-state index contributed by atoms with van der Waals surface area (Å²) in [7, 11) is 4.07. The summed E-state index contributed by atoms with van der Waals surface area (Å²) < 4.78 is 0. The van der Waals surface area contributed by atoms with Crippen LogP contribution < -0.4 is 11.1 Å². The molecule has 0 bridgehead atoms. The summed E-state index contributed by atoms with van der Waals surface area (Å²) in [6.07, 6.45) is 0. The molecule has 0 saturated heterocycles. The Kier molecular flexibility index (Phi) is 5.72. The van der Waals surface area contributed by atoms with Gasteiger partial charge in [-0.25, -0.2) is 0 Å². The molecule has 0 saturated carbocycles. The molecule has 0 aliphatic heterocycles. The van der Waals surface area contributed by atoms with E-state index in [0.717, 1.165) is 12.1 Å². The van der Waals surface area contributed by atoms with E-state index in [1.165, 1.54) is 5.56 Å². The molecule has 0 heterocycles. The first-order chi connectivity index (χ1) is 9.21. The monoisotopic (exact) mass is 277 g/mol. The lowest BCUT2D eigenvalue weighted by Crippen LogP contribution is -2.48. The van der Waals surface area contributed by atoms with Crippen molar-refractivity contribution >= 4 is 5.91 Å². The lowest BCUT2D eigenvalue weighted by molar-refractivity contribution is -0.124. The number of hydrogen-bond acceptors (Lipinski definition) is 3. The van der Waals surface area contributed by atoms with E-state index in [4.69, 9.17) is 5.73 Å². The second-order valence-electron chi connectivity index (χ2n) is 6.57. The van der Waals surface area contributed by atoms with Gasteiger partial charge in [-0.1, -0.05) is 45.0 Å². The van der Waals surface area contributed by atoms with Crippen LogP contribution in [-0.4, -0.2) is 30.9 Å². The van der Waals surface area contributed by atoms with E-state index >= 15 is 0 Å². The molecule has 4 heteroatoms. The summed E-state index contributed by atoms with van der Waals surface area (Å²) in [6.45, 7) is 7.29. The van der Waals surface area contributed by atoms with E-state index in [9.17, 15) is 4.79 Å². The van der Waals surface area contributed by atoms with Gasteiger partial charge in [0.05, 0.1) is 6.04 Å². The first-order valence-electron chi connectivity index (χ1n) is 6.96. The van der Waals surface area contributed by atoms with E-state index in [-0.39, 0.29) is 11.3 Å². The summed E-state index contributed by atoms with van der Waals surface area (Å²) in [5.41, 5.74) is 8.09. The van der Waals surface area contributed by atoms with E-state index < -0.39 is 6.04 Å². The molecule has 1 amide bonds. The van der Waals surface area contributed by atoms with Crippen LogP contribution in [0.25, 0.3) is 0 Å². The summed E-state index contributed by atoms with van der Waals surface area (Å²) in [5, 5.41) is 2.94. The van der Waals surface area contributed by atoms with E-state index in [0.29, 0.717) is 6.54 Å². The van der Waals surface area contributed by atoms with Gasteiger partial charge in [-0.2, -0.15) is 0 Å². The summed E-state index contributed by atoms with van der Waals surface area (Å²) in [6, 6.07) is 7.64. The zero-order valence-corrected chi connectivity index (χ0v) is 13.2. The Morgan fingerprint density at radius 1 is 1.25 bits per heavy atom. The molecule has 3 N–H and O–H groups in total. The molecule has 1 aromatic carbocycles. The minimum Gasteiger partial charge on any atom is -0.351 e. The smallest absolute Gasteiger partial charge is 0.237 e. The van der Waals surface area contributed by atoms with Crippen LogP contribution in [-0.2, 0) is 17.9 Å². The number of benzene rings is 1. The number of rotatable bonds is 5. The number of amides is 1. The number of hydrogen-bond donors (Lipinski definition) is 2. The Morgan fingerprint density at radius 2 is 1.80 bits per heavy atom. The van der Waals surface area contributed by atoms with Crippen molar-refractivity contribution in [2.24, 2.45) is 11.1 Å². The van der Waals surface area contributed by atoms with Gasteiger partial charge in [-0.15, -0.1) is 0 Å². The van der Waals surface area contributed by atoms with Crippen LogP contribution in [0, 0.1) is 5.41 Å². The van der Waals surface area contributed by atoms with Gasteiger partial charge >= 0.3 is 0 Å². The fourth-order valence-electron chi connectivity index (χ4n) is 1.91. The molecule has 0 aliphatic rings. The molecular weight excluding hydrogens is 250 g/mol. The van der Waals surface area contributed by atoms with Crippen molar-refractivity contribution in [3.05, 3.63) is 35.4 Å². The molecule has 20 heavy (non-hydrogen) atoms. The van der Waals surface area contributed by atoms with Crippen LogP contribution in [0.15, 0.2) is 24.3 Å². The number of carbonyl (C=O) groups is 1. The Balaban J connectivity index is 2.68. The highest BCUT2D eigenvalue weighted by atomic mass is 16.2. The average Bonchev–Trinajstić information content (AvgIpc) is 2.34. The highest BCUT2D eigenvalue weighted by Crippen LogP contribution is 2.17. The Bertz CT molecular complexity index is 449. The number of nitrogens with zero attached hydrogens (tertiary/aromatic N) is 1. The van der Waals surface area contributed by atoms with Crippen LogP contribution in [0.1, 0.15) is 31.9 Å². The first-order valence-corrected chi connectivity index (χ1v) is 6.96. The Labute approximate surface area is 122 Å². The molecular formula is C16H27N3O. The summed E-state index contributed by atoms with van der Waals surface area (Å²) >= 11 is 0. The zero-order chi connectivity index (χ0) is 15.3. The lowest BCUT2D eigenvalue weighted by Gasteiger charge is -2.26. The number of carbonyl (C=O) groups excluding carboxylic acids is 1. The predicted molar refractivity (Wildman–Crippen MR) is 83.1 cm³/mol. The molecule has 4 nitrogen and oxygen atoms in total. The molecule has 0 spiro atoms. The highest BCUT2D eigenvalue weighted by molar-refractivity contribution is 5.82. The molecule has 1 atom stereocenters. The van der Waals surface area contributed by atoms with Crippen molar-refractivity contribution in [1.29, 1.82) is 0 Å². The summed E-state index contributed by atoms with van der Waals surface area (Å²) in [5.74, 6) is -0.0999. The quantitative estimate of drug-likeness (QED) is 0.862. The molecule has 1 unspecified atom stereocenters. The Hall–Kier alpha value is -1.39. The normalized spacial score (nSPS) is 13.3. The third kappa shape index (κ3) is 4.94. The van der Waals surface area contributed by atoms with Gasteiger partial charge in [0.1, 0.15) is 0 Å². The molecule has 0 aliphatic carbocycles. The molecule has 0 fully saturated rings. The SMILES string of the molecule is CN(C)Cc1ccccc1CNC(=O)C(N)C(C)(C)C. The van der Waals surface area contributed by atoms with Gasteiger partial charge in [-0.05, 0) is 30.6 Å². The highest BCUT2D eigenvalue weighted by Gasteiger charge is 2.27. The van der Waals surface area contributed by atoms with Crippen LogP contribution in [0.4, 0.5) is 0 Å². The predicted octanol–water partition coefficient (Wildman–Crippen LogP) is 1.74. The van der Waals surface area contributed by atoms with Gasteiger partial charge in [0.25, 0.3) is 0 Å². The maximum absolute atomic E-state index is 12.0. The lowest BCUT2D eigenvalue weighted by atomic mass is 9.87. The second-order valence-corrected chi connectivity index (χ2v) is 6.57. The average molecular weight is 277 g/mol. The van der Waals surface area contributed by atoms with Crippen LogP contribution in [0.2, 0.25) is 0 Å². The van der Waals surface area contributed by atoms with Crippen LogP contribution >= 0.6 is 0 Å². The van der Waals surface area contributed by atoms with Crippen LogP contribution in [0.3, 0.4) is 0 Å². The standard InChI is InChI=1S/C16H27N3O/c1-16(2,3)14(17)15(20)18-10-12-8-6-7-9-13(12)11-19(4)5/h6-9,14H,10-11,17H2,1-5H3,(H,18,20). The second kappa shape index (κ2) is 6.86. The van der Waals surface area contributed by atoms with Crippen LogP contribution in [0.5, 0.6) is 0 Å². The molecule has 112 valence electrons. The van der Waals surface area contributed by atoms with E-state index in [1.807, 2.05) is 53.1 Å². The van der Waals surface area contributed by atoms with Gasteiger partial charge in [0.2, 0.25) is 5.91 Å². The molecule has 1 rings (SSSR count). The van der Waals surface area contributed by atoms with Crippen molar-refractivity contribution in [2.45, 2.75) is 39.9 Å².